The molecule has 1 heterocycles. The maximum absolute atomic E-state index is 10.5. The molecule has 44 valence electrons. The Hall–Kier alpha value is 0.400. The molecule has 1 aliphatic heterocycles. The topological polar surface area (TPSA) is 17.1 Å². The lowest BCUT2D eigenvalue weighted by Gasteiger charge is -2.01. The van der Waals surface area contributed by atoms with Crippen LogP contribution in [0.5, 0.6) is 0 Å². The summed E-state index contributed by atoms with van der Waals surface area (Å²) in [4.78, 5) is 10.5. The molecule has 0 aromatic carbocycles. The molecule has 0 radical (unpaired) electrons. The first-order valence-corrected chi connectivity index (χ1v) is 4.68. The zero-order valence-electron chi connectivity index (χ0n) is 3.89. The first kappa shape index (κ1) is 6.52. The molecule has 0 saturated carbocycles. The average Bonchev–Trinajstić information content (AvgIpc) is 1.64. The molecule has 0 spiro atoms. The number of rotatable bonds is 0. The van der Waals surface area contributed by atoms with Crippen molar-refractivity contribution in [3.63, 3.8) is 0 Å². The minimum atomic E-state index is 0.110. The van der Waals surface area contributed by atoms with E-state index in [0.717, 1.165) is 0 Å². The highest BCUT2D eigenvalue weighted by molar-refractivity contribution is 8.78. The van der Waals surface area contributed by atoms with E-state index in [1.165, 1.54) is 27.7 Å². The Morgan fingerprint density at radius 3 is 2.88 bits per heavy atom. The van der Waals surface area contributed by atoms with Gasteiger partial charge >= 0.3 is 0 Å². The van der Waals surface area contributed by atoms with Crippen molar-refractivity contribution in [2.45, 2.75) is 0 Å². The fraction of sp³-hybridized carbons (Fsp3) is 0.250. The van der Waals surface area contributed by atoms with Gasteiger partial charge in [-0.15, -0.1) is 0 Å². The highest BCUT2D eigenvalue weighted by Gasteiger charge is 2.07. The molecule has 1 rings (SSSR count). The Morgan fingerprint density at radius 1 is 1.75 bits per heavy atom. The summed E-state index contributed by atoms with van der Waals surface area (Å²) in [6.07, 6.45) is 1.46. The van der Waals surface area contributed by atoms with Crippen LogP contribution in [0.1, 0.15) is 0 Å². The van der Waals surface area contributed by atoms with Gasteiger partial charge in [-0.05, 0) is 10.8 Å². The van der Waals surface area contributed by atoms with Crippen molar-refractivity contribution in [3.8, 4) is 0 Å². The summed E-state index contributed by atoms with van der Waals surface area (Å²) < 4.78 is 0.589. The standard InChI is InChI=1S/C4H3ClOS2/c5-4-1-3(6)2-7-8-4/h1H,2H2. The van der Waals surface area contributed by atoms with Crippen molar-refractivity contribution in [2.75, 3.05) is 5.75 Å². The van der Waals surface area contributed by atoms with Crippen LogP contribution in [0.4, 0.5) is 0 Å². The summed E-state index contributed by atoms with van der Waals surface area (Å²) in [5.41, 5.74) is 0. The molecule has 4 heteroatoms. The predicted molar refractivity (Wildman–Crippen MR) is 39.0 cm³/mol. The van der Waals surface area contributed by atoms with Gasteiger partial charge in [-0.2, -0.15) is 0 Å². The van der Waals surface area contributed by atoms with Crippen LogP contribution in [-0.2, 0) is 4.79 Å². The third-order valence-electron chi connectivity index (χ3n) is 0.614. The largest absolute Gasteiger partial charge is 0.294 e. The molecule has 0 unspecified atom stereocenters. The molecule has 0 aliphatic carbocycles. The summed E-state index contributed by atoms with van der Waals surface area (Å²) in [6, 6.07) is 0. The smallest absolute Gasteiger partial charge is 0.168 e. The van der Waals surface area contributed by atoms with Crippen LogP contribution in [-0.4, -0.2) is 11.5 Å². The van der Waals surface area contributed by atoms with Crippen LogP contribution < -0.4 is 0 Å². The third-order valence-corrected chi connectivity index (χ3v) is 3.27. The molecule has 8 heavy (non-hydrogen) atoms. The molecule has 0 saturated heterocycles. The van der Waals surface area contributed by atoms with Crippen LogP contribution in [0.2, 0.25) is 0 Å². The lowest BCUT2D eigenvalue weighted by Crippen LogP contribution is -1.97. The molecule has 0 aromatic rings. The lowest BCUT2D eigenvalue weighted by molar-refractivity contribution is -0.112. The lowest BCUT2D eigenvalue weighted by atomic mass is 10.4. The van der Waals surface area contributed by atoms with Gasteiger partial charge in [-0.25, -0.2) is 0 Å². The van der Waals surface area contributed by atoms with Crippen molar-refractivity contribution in [1.29, 1.82) is 0 Å². The maximum atomic E-state index is 10.5. The number of hydrogen-bond donors (Lipinski definition) is 0. The van der Waals surface area contributed by atoms with Gasteiger partial charge in [0.2, 0.25) is 0 Å². The van der Waals surface area contributed by atoms with Gasteiger partial charge in [0, 0.05) is 6.08 Å². The fourth-order valence-corrected chi connectivity index (χ4v) is 2.42. The Labute approximate surface area is 60.2 Å². The first-order chi connectivity index (χ1) is 3.79. The van der Waals surface area contributed by atoms with Gasteiger partial charge in [-0.1, -0.05) is 22.4 Å². The van der Waals surface area contributed by atoms with E-state index in [2.05, 4.69) is 0 Å². The second-order valence-electron chi connectivity index (χ2n) is 1.26. The van der Waals surface area contributed by atoms with Crippen LogP contribution in [0, 0.1) is 0 Å². The van der Waals surface area contributed by atoms with Gasteiger partial charge < -0.3 is 0 Å². The predicted octanol–water partition coefficient (Wildman–Crippen LogP) is 2.03. The Bertz CT molecular complexity index is 143. The highest BCUT2D eigenvalue weighted by Crippen LogP contribution is 2.35. The van der Waals surface area contributed by atoms with Crippen molar-refractivity contribution in [2.24, 2.45) is 0 Å². The van der Waals surface area contributed by atoms with Crippen molar-refractivity contribution in [3.05, 3.63) is 10.4 Å². The second-order valence-corrected chi connectivity index (χ2v) is 4.23. The van der Waals surface area contributed by atoms with Crippen LogP contribution >= 0.6 is 33.2 Å². The average molecular weight is 167 g/mol. The maximum Gasteiger partial charge on any atom is 0.168 e. The number of halogens is 1. The molecule has 0 N–H and O–H groups in total. The van der Waals surface area contributed by atoms with E-state index in [9.17, 15) is 4.79 Å². The molecule has 1 aliphatic rings. The van der Waals surface area contributed by atoms with Gasteiger partial charge in [0.15, 0.2) is 5.78 Å². The van der Waals surface area contributed by atoms with E-state index >= 15 is 0 Å². The van der Waals surface area contributed by atoms with Gasteiger partial charge in [0.1, 0.15) is 0 Å². The Morgan fingerprint density at radius 2 is 2.50 bits per heavy atom. The molecular weight excluding hydrogens is 164 g/mol. The second kappa shape index (κ2) is 2.80. The number of allylic oxidation sites excluding steroid dienone is 1. The van der Waals surface area contributed by atoms with E-state index < -0.39 is 0 Å². The molecule has 0 amide bonds. The van der Waals surface area contributed by atoms with Crippen molar-refractivity contribution >= 4 is 39.0 Å². The summed E-state index contributed by atoms with van der Waals surface area (Å²) in [5, 5.41) is 0. The summed E-state index contributed by atoms with van der Waals surface area (Å²) in [5.74, 6) is 0.666. The van der Waals surface area contributed by atoms with E-state index in [-0.39, 0.29) is 5.78 Å². The number of carbonyl (C=O) groups excluding carboxylic acids is 1. The van der Waals surface area contributed by atoms with Crippen LogP contribution in [0.15, 0.2) is 10.4 Å². The highest BCUT2D eigenvalue weighted by atomic mass is 35.5. The molecular formula is C4H3ClOS2. The van der Waals surface area contributed by atoms with Crippen LogP contribution in [0.25, 0.3) is 0 Å². The monoisotopic (exact) mass is 166 g/mol. The minimum absolute atomic E-state index is 0.110. The van der Waals surface area contributed by atoms with Gasteiger partial charge in [-0.3, -0.25) is 4.79 Å². The Kier molecular flexibility index (Phi) is 2.28. The molecule has 0 fully saturated rings. The quantitative estimate of drug-likeness (QED) is 0.513. The zero-order chi connectivity index (χ0) is 5.98. The first-order valence-electron chi connectivity index (χ1n) is 1.98. The van der Waals surface area contributed by atoms with E-state index in [1.807, 2.05) is 0 Å². The van der Waals surface area contributed by atoms with Gasteiger partial charge in [0.05, 0.1) is 10.1 Å². The van der Waals surface area contributed by atoms with E-state index in [4.69, 9.17) is 11.6 Å². The summed E-state index contributed by atoms with van der Waals surface area (Å²) in [6.45, 7) is 0. The number of hydrogen-bond acceptors (Lipinski definition) is 3. The van der Waals surface area contributed by atoms with Gasteiger partial charge in [0.25, 0.3) is 0 Å². The summed E-state index contributed by atoms with van der Waals surface area (Å²) in [7, 11) is 2.92. The SMILES string of the molecule is O=C1C=C(Cl)SSC1. The normalized spacial score (nSPS) is 20.6. The van der Waals surface area contributed by atoms with E-state index in [1.54, 1.807) is 0 Å². The minimum Gasteiger partial charge on any atom is -0.294 e. The fourth-order valence-electron chi connectivity index (χ4n) is 0.336. The number of carbonyl (C=O) groups is 1. The van der Waals surface area contributed by atoms with Crippen LogP contribution in [0.3, 0.4) is 0 Å². The summed E-state index contributed by atoms with van der Waals surface area (Å²) >= 11 is 5.49. The molecule has 0 bridgehead atoms. The van der Waals surface area contributed by atoms with Crippen molar-refractivity contribution < 1.29 is 4.79 Å². The van der Waals surface area contributed by atoms with E-state index in [0.29, 0.717) is 10.1 Å². The van der Waals surface area contributed by atoms with Crippen molar-refractivity contribution in [1.82, 2.24) is 0 Å². The third kappa shape index (κ3) is 1.73. The number of ketones is 1. The Balaban J connectivity index is 2.64. The molecule has 1 nitrogen and oxygen atoms in total. The molecule has 0 atom stereocenters. The molecule has 0 aromatic heterocycles. The zero-order valence-corrected chi connectivity index (χ0v) is 6.28.